The fourth-order valence-corrected chi connectivity index (χ4v) is 3.20. The van der Waals surface area contributed by atoms with Gasteiger partial charge < -0.3 is 10.2 Å². The Morgan fingerprint density at radius 1 is 1.29 bits per heavy atom. The third kappa shape index (κ3) is 4.35. The van der Waals surface area contributed by atoms with Gasteiger partial charge in [-0.15, -0.1) is 0 Å². The zero-order valence-electron chi connectivity index (χ0n) is 13.5. The van der Waals surface area contributed by atoms with Gasteiger partial charge in [0.2, 0.25) is 0 Å². The van der Waals surface area contributed by atoms with Gasteiger partial charge in [-0.2, -0.15) is 0 Å². The van der Waals surface area contributed by atoms with Gasteiger partial charge in [0.25, 0.3) is 0 Å². The van der Waals surface area contributed by atoms with Crippen molar-refractivity contribution in [1.29, 1.82) is 0 Å². The highest BCUT2D eigenvalue weighted by atomic mass is 35.5. The van der Waals surface area contributed by atoms with Crippen molar-refractivity contribution in [2.24, 2.45) is 0 Å². The van der Waals surface area contributed by atoms with E-state index in [2.05, 4.69) is 48.1 Å². The number of halogens is 1. The predicted molar refractivity (Wildman–Crippen MR) is 92.4 cm³/mol. The summed E-state index contributed by atoms with van der Waals surface area (Å²) in [5, 5.41) is 4.32. The van der Waals surface area contributed by atoms with Crippen molar-refractivity contribution in [1.82, 2.24) is 10.2 Å². The SMILES string of the molecule is CCCNCc1cc(Cl)ccc1N1CCN(C)C(CC)C1. The second-order valence-corrected chi connectivity index (χ2v) is 6.37. The van der Waals surface area contributed by atoms with Crippen LogP contribution in [0.15, 0.2) is 18.2 Å². The lowest BCUT2D eigenvalue weighted by Crippen LogP contribution is -2.51. The quantitative estimate of drug-likeness (QED) is 0.813. The van der Waals surface area contributed by atoms with E-state index in [1.807, 2.05) is 6.07 Å². The van der Waals surface area contributed by atoms with Gasteiger partial charge in [0.1, 0.15) is 0 Å². The molecule has 0 aliphatic carbocycles. The van der Waals surface area contributed by atoms with E-state index in [0.717, 1.165) is 44.2 Å². The maximum atomic E-state index is 6.19. The number of benzene rings is 1. The average molecular weight is 310 g/mol. The molecule has 1 aromatic rings. The molecular weight excluding hydrogens is 282 g/mol. The van der Waals surface area contributed by atoms with E-state index in [0.29, 0.717) is 6.04 Å². The Morgan fingerprint density at radius 2 is 2.10 bits per heavy atom. The molecule has 1 aliphatic heterocycles. The molecule has 1 aromatic carbocycles. The minimum Gasteiger partial charge on any atom is -0.368 e. The molecule has 3 nitrogen and oxygen atoms in total. The highest BCUT2D eigenvalue weighted by Gasteiger charge is 2.24. The molecule has 4 heteroatoms. The zero-order chi connectivity index (χ0) is 15.2. The molecule has 0 radical (unpaired) electrons. The number of likely N-dealkylation sites (N-methyl/N-ethyl adjacent to an activating group) is 1. The highest BCUT2D eigenvalue weighted by Crippen LogP contribution is 2.27. The second-order valence-electron chi connectivity index (χ2n) is 5.94. The maximum Gasteiger partial charge on any atom is 0.0413 e. The van der Waals surface area contributed by atoms with Crippen LogP contribution in [0.5, 0.6) is 0 Å². The monoisotopic (exact) mass is 309 g/mol. The minimum atomic E-state index is 0.644. The number of anilines is 1. The van der Waals surface area contributed by atoms with Crippen molar-refractivity contribution in [3.8, 4) is 0 Å². The first kappa shape index (κ1) is 16.6. The van der Waals surface area contributed by atoms with E-state index in [9.17, 15) is 0 Å². The molecule has 21 heavy (non-hydrogen) atoms. The summed E-state index contributed by atoms with van der Waals surface area (Å²) in [6.07, 6.45) is 2.35. The van der Waals surface area contributed by atoms with Crippen LogP contribution in [-0.4, -0.2) is 44.2 Å². The van der Waals surface area contributed by atoms with Gasteiger partial charge in [0.05, 0.1) is 0 Å². The number of rotatable bonds is 6. The molecular formula is C17H28ClN3. The third-order valence-corrected chi connectivity index (χ3v) is 4.61. The second kappa shape index (κ2) is 8.02. The van der Waals surface area contributed by atoms with Crippen molar-refractivity contribution >= 4 is 17.3 Å². The van der Waals surface area contributed by atoms with Crippen LogP contribution in [0.1, 0.15) is 32.3 Å². The van der Waals surface area contributed by atoms with E-state index in [1.165, 1.54) is 17.7 Å². The van der Waals surface area contributed by atoms with Gasteiger partial charge in [-0.1, -0.05) is 25.4 Å². The Hall–Kier alpha value is -0.770. The van der Waals surface area contributed by atoms with Gasteiger partial charge in [0, 0.05) is 42.9 Å². The normalized spacial score (nSPS) is 20.0. The lowest BCUT2D eigenvalue weighted by molar-refractivity contribution is 0.213. The van der Waals surface area contributed by atoms with Gasteiger partial charge in [0.15, 0.2) is 0 Å². The molecule has 0 saturated carbocycles. The highest BCUT2D eigenvalue weighted by molar-refractivity contribution is 6.30. The summed E-state index contributed by atoms with van der Waals surface area (Å²) in [5.41, 5.74) is 2.66. The van der Waals surface area contributed by atoms with Crippen LogP contribution in [0.4, 0.5) is 5.69 Å². The minimum absolute atomic E-state index is 0.644. The van der Waals surface area contributed by atoms with Crippen molar-refractivity contribution in [2.45, 2.75) is 39.3 Å². The first-order valence-corrected chi connectivity index (χ1v) is 8.47. The molecule has 0 bridgehead atoms. The number of hydrogen-bond acceptors (Lipinski definition) is 3. The lowest BCUT2D eigenvalue weighted by Gasteiger charge is -2.41. The number of nitrogens with one attached hydrogen (secondary N) is 1. The standard InChI is InChI=1S/C17H28ClN3/c1-4-8-19-12-14-11-15(18)6-7-17(14)21-10-9-20(3)16(5-2)13-21/h6-7,11,16,19H,4-5,8-10,12-13H2,1-3H3. The van der Waals surface area contributed by atoms with Crippen LogP contribution in [0.25, 0.3) is 0 Å². The van der Waals surface area contributed by atoms with Crippen molar-refractivity contribution in [3.63, 3.8) is 0 Å². The number of piperazine rings is 1. The maximum absolute atomic E-state index is 6.19. The van der Waals surface area contributed by atoms with E-state index in [1.54, 1.807) is 0 Å². The van der Waals surface area contributed by atoms with Gasteiger partial charge in [-0.05, 0) is 50.2 Å². The molecule has 1 atom stereocenters. The molecule has 1 aliphatic rings. The van der Waals surface area contributed by atoms with Crippen LogP contribution < -0.4 is 10.2 Å². The Bertz CT molecular complexity index is 450. The molecule has 0 amide bonds. The Balaban J connectivity index is 2.14. The summed E-state index contributed by atoms with van der Waals surface area (Å²) in [7, 11) is 2.23. The van der Waals surface area contributed by atoms with E-state index < -0.39 is 0 Å². The fraction of sp³-hybridized carbons (Fsp3) is 0.647. The summed E-state index contributed by atoms with van der Waals surface area (Å²) in [6, 6.07) is 6.95. The van der Waals surface area contributed by atoms with E-state index in [-0.39, 0.29) is 0 Å². The molecule has 1 fully saturated rings. The fourth-order valence-electron chi connectivity index (χ4n) is 3.01. The first-order chi connectivity index (χ1) is 10.2. The summed E-state index contributed by atoms with van der Waals surface area (Å²) >= 11 is 6.19. The zero-order valence-corrected chi connectivity index (χ0v) is 14.3. The van der Waals surface area contributed by atoms with Gasteiger partial charge in [-0.25, -0.2) is 0 Å². The molecule has 118 valence electrons. The van der Waals surface area contributed by atoms with Crippen molar-refractivity contribution in [3.05, 3.63) is 28.8 Å². The molecule has 1 N–H and O–H groups in total. The van der Waals surface area contributed by atoms with Crippen LogP contribution >= 0.6 is 11.6 Å². The van der Waals surface area contributed by atoms with Crippen LogP contribution in [0.3, 0.4) is 0 Å². The van der Waals surface area contributed by atoms with Crippen molar-refractivity contribution in [2.75, 3.05) is 38.1 Å². The Labute approximate surface area is 134 Å². The van der Waals surface area contributed by atoms with Gasteiger partial charge >= 0.3 is 0 Å². The topological polar surface area (TPSA) is 18.5 Å². The summed E-state index contributed by atoms with van der Waals surface area (Å²) in [5.74, 6) is 0. The third-order valence-electron chi connectivity index (χ3n) is 4.37. The lowest BCUT2D eigenvalue weighted by atomic mass is 10.1. The molecule has 1 unspecified atom stereocenters. The summed E-state index contributed by atoms with van der Waals surface area (Å²) < 4.78 is 0. The van der Waals surface area contributed by atoms with Crippen LogP contribution in [-0.2, 0) is 6.54 Å². The Morgan fingerprint density at radius 3 is 2.81 bits per heavy atom. The summed E-state index contributed by atoms with van der Waals surface area (Å²) in [6.45, 7) is 9.74. The van der Waals surface area contributed by atoms with E-state index >= 15 is 0 Å². The largest absolute Gasteiger partial charge is 0.368 e. The number of nitrogens with zero attached hydrogens (tertiary/aromatic N) is 2. The molecule has 1 heterocycles. The smallest absolute Gasteiger partial charge is 0.0413 e. The first-order valence-electron chi connectivity index (χ1n) is 8.10. The van der Waals surface area contributed by atoms with Crippen LogP contribution in [0, 0.1) is 0 Å². The number of hydrogen-bond donors (Lipinski definition) is 1. The Kier molecular flexibility index (Phi) is 6.34. The molecule has 1 saturated heterocycles. The van der Waals surface area contributed by atoms with Crippen LogP contribution in [0.2, 0.25) is 5.02 Å². The molecule has 0 spiro atoms. The van der Waals surface area contributed by atoms with Crippen molar-refractivity contribution < 1.29 is 0 Å². The average Bonchev–Trinajstić information content (AvgIpc) is 2.48. The van der Waals surface area contributed by atoms with E-state index in [4.69, 9.17) is 11.6 Å². The predicted octanol–water partition coefficient (Wildman–Crippen LogP) is 3.37. The molecule has 0 aromatic heterocycles. The van der Waals surface area contributed by atoms with Gasteiger partial charge in [-0.3, -0.25) is 4.90 Å². The molecule has 2 rings (SSSR count). The summed E-state index contributed by atoms with van der Waals surface area (Å²) in [4.78, 5) is 4.99.